The van der Waals surface area contributed by atoms with Gasteiger partial charge in [0.15, 0.2) is 12.4 Å². The summed E-state index contributed by atoms with van der Waals surface area (Å²) in [6, 6.07) is 22.0. The van der Waals surface area contributed by atoms with E-state index in [1.807, 2.05) is 36.4 Å². The summed E-state index contributed by atoms with van der Waals surface area (Å²) in [6.07, 6.45) is 8.34. The Morgan fingerprint density at radius 2 is 1.72 bits per heavy atom. The lowest BCUT2D eigenvalue weighted by molar-refractivity contribution is -0.166. The monoisotopic (exact) mass is 825 g/mol. The van der Waals surface area contributed by atoms with Crippen molar-refractivity contribution in [2.75, 3.05) is 77.6 Å². The maximum Gasteiger partial charge on any atom is 0.262 e. The van der Waals surface area contributed by atoms with Crippen molar-refractivity contribution in [3.8, 4) is 11.5 Å². The summed E-state index contributed by atoms with van der Waals surface area (Å²) in [5, 5.41) is 27.1. The van der Waals surface area contributed by atoms with E-state index >= 15 is 0 Å². The molecular formula is C47H63N5O8. The minimum atomic E-state index is -1.05. The van der Waals surface area contributed by atoms with Crippen molar-refractivity contribution in [3.63, 3.8) is 0 Å². The van der Waals surface area contributed by atoms with Crippen LogP contribution in [0.3, 0.4) is 0 Å². The number of phenols is 1. The average molecular weight is 826 g/mol. The Balaban J connectivity index is 0.804. The molecule has 0 unspecified atom stereocenters. The molecule has 0 aromatic heterocycles. The van der Waals surface area contributed by atoms with Crippen molar-refractivity contribution in [1.29, 1.82) is 0 Å². The molecule has 0 radical (unpaired) electrons. The number of carbonyl (C=O) groups is 3. The Bertz CT molecular complexity index is 1880. The minimum Gasteiger partial charge on any atom is -0.506 e. The van der Waals surface area contributed by atoms with Crippen LogP contribution in [-0.2, 0) is 49.7 Å². The lowest BCUT2D eigenvalue weighted by Gasteiger charge is -2.47. The number of nitrogens with zero attached hydrogens (tertiary/aromatic N) is 3. The SMILES string of the molecule is O=C1COc2c(CCNCCN(C(=O)CCOCCc3cccc(CN4CCC5(CC4)CN(C(=O)[C@@H](O)Cc4ccccc4)CCO5)c3)C3CCCCC3)ccc(O)c2N1. The first-order valence-corrected chi connectivity index (χ1v) is 22.1. The van der Waals surface area contributed by atoms with E-state index in [9.17, 15) is 24.6 Å². The molecule has 3 fully saturated rings. The third-order valence-corrected chi connectivity index (χ3v) is 12.5. The molecule has 1 aliphatic carbocycles. The van der Waals surface area contributed by atoms with E-state index in [0.29, 0.717) is 83.2 Å². The summed E-state index contributed by atoms with van der Waals surface area (Å²) in [5.74, 6) is 0.159. The highest BCUT2D eigenvalue weighted by atomic mass is 16.5. The van der Waals surface area contributed by atoms with Crippen molar-refractivity contribution >= 4 is 23.4 Å². The molecule has 3 amide bonds. The van der Waals surface area contributed by atoms with Gasteiger partial charge >= 0.3 is 0 Å². The molecule has 1 spiro atoms. The molecule has 3 aliphatic heterocycles. The van der Waals surface area contributed by atoms with Gasteiger partial charge in [-0.25, -0.2) is 0 Å². The van der Waals surface area contributed by atoms with Gasteiger partial charge in [0.2, 0.25) is 5.91 Å². The number of hydrogen-bond donors (Lipinski definition) is 4. The summed E-state index contributed by atoms with van der Waals surface area (Å²) in [7, 11) is 0. The fraction of sp³-hybridized carbons (Fsp3) is 0.553. The summed E-state index contributed by atoms with van der Waals surface area (Å²) in [5.41, 5.74) is 4.29. The van der Waals surface area contributed by atoms with Crippen molar-refractivity contribution < 1.29 is 38.8 Å². The number of morpholine rings is 1. The fourth-order valence-electron chi connectivity index (χ4n) is 9.19. The highest BCUT2D eigenvalue weighted by Gasteiger charge is 2.42. The number of carbonyl (C=O) groups excluding carboxylic acids is 3. The van der Waals surface area contributed by atoms with E-state index in [4.69, 9.17) is 14.2 Å². The zero-order chi connectivity index (χ0) is 41.7. The van der Waals surface area contributed by atoms with Gasteiger partial charge in [-0.2, -0.15) is 0 Å². The number of phenolic OH excluding ortho intramolecular Hbond substituents is 1. The predicted octanol–water partition coefficient (Wildman–Crippen LogP) is 4.46. The van der Waals surface area contributed by atoms with Crippen molar-refractivity contribution in [2.45, 2.75) is 94.9 Å². The number of aliphatic hydroxyl groups is 1. The first kappa shape index (κ1) is 43.6. The molecule has 4 N–H and O–H groups in total. The molecule has 0 bridgehead atoms. The number of aliphatic hydroxyl groups excluding tert-OH is 1. The van der Waals surface area contributed by atoms with E-state index in [1.54, 1.807) is 11.0 Å². The summed E-state index contributed by atoms with van der Waals surface area (Å²) < 4.78 is 18.0. The first-order valence-electron chi connectivity index (χ1n) is 22.1. The van der Waals surface area contributed by atoms with Gasteiger partial charge < -0.3 is 44.9 Å². The number of nitrogens with one attached hydrogen (secondary N) is 2. The second kappa shape index (κ2) is 21.3. The quantitative estimate of drug-likeness (QED) is 0.107. The molecular weight excluding hydrogens is 763 g/mol. The number of ether oxygens (including phenoxy) is 3. The molecule has 1 atom stereocenters. The third kappa shape index (κ3) is 11.8. The maximum atomic E-state index is 13.6. The van der Waals surface area contributed by atoms with Crippen LogP contribution in [0.1, 0.15) is 73.6 Å². The molecule has 2 saturated heterocycles. The number of anilines is 1. The van der Waals surface area contributed by atoms with Gasteiger partial charge in [-0.3, -0.25) is 19.3 Å². The van der Waals surface area contributed by atoms with Crippen LogP contribution in [0.25, 0.3) is 0 Å². The number of rotatable bonds is 18. The molecule has 13 heteroatoms. The molecule has 60 heavy (non-hydrogen) atoms. The smallest absolute Gasteiger partial charge is 0.262 e. The van der Waals surface area contributed by atoms with E-state index in [1.165, 1.54) is 17.5 Å². The highest BCUT2D eigenvalue weighted by Crippen LogP contribution is 2.39. The minimum absolute atomic E-state index is 0.00800. The summed E-state index contributed by atoms with van der Waals surface area (Å²) in [6.45, 7) is 6.97. The van der Waals surface area contributed by atoms with Crippen LogP contribution in [-0.4, -0.2) is 133 Å². The summed E-state index contributed by atoms with van der Waals surface area (Å²) >= 11 is 0. The summed E-state index contributed by atoms with van der Waals surface area (Å²) in [4.78, 5) is 44.8. The van der Waals surface area contributed by atoms with Gasteiger partial charge in [0.25, 0.3) is 11.8 Å². The largest absolute Gasteiger partial charge is 0.506 e. The van der Waals surface area contributed by atoms with E-state index in [2.05, 4.69) is 44.7 Å². The van der Waals surface area contributed by atoms with Crippen LogP contribution in [0.5, 0.6) is 11.5 Å². The zero-order valence-corrected chi connectivity index (χ0v) is 35.0. The normalized spacial score (nSPS) is 18.7. The number of hydrogen-bond acceptors (Lipinski definition) is 10. The molecule has 324 valence electrons. The molecule has 3 heterocycles. The number of benzene rings is 3. The molecule has 3 aromatic rings. The van der Waals surface area contributed by atoms with Crippen molar-refractivity contribution in [3.05, 3.63) is 89.0 Å². The Hall–Kier alpha value is -4.53. The molecule has 3 aromatic carbocycles. The van der Waals surface area contributed by atoms with E-state index < -0.39 is 6.10 Å². The van der Waals surface area contributed by atoms with E-state index in [0.717, 1.165) is 75.7 Å². The topological polar surface area (TPSA) is 153 Å². The Labute approximate surface area is 354 Å². The number of fused-ring (bicyclic) bond motifs is 1. The molecule has 13 nitrogen and oxygen atoms in total. The molecule has 4 aliphatic rings. The molecule has 1 saturated carbocycles. The van der Waals surface area contributed by atoms with Crippen LogP contribution >= 0.6 is 0 Å². The standard InChI is InChI=1S/C47H63N5O8/c53-40-15-14-38(45-44(40)49-42(55)33-59-45)16-21-48-22-25-52(39-12-5-2-6-13-39)43(56)18-28-58-27-17-36-10-7-11-37(30-36)32-50-23-19-47(20-24-50)34-51(26-29-60-47)46(57)41(54)31-35-8-3-1-4-9-35/h1,3-4,7-11,14-15,30,39,41,48,53-54H,2,5-6,12-13,16-29,31-34H2,(H,49,55)/t41-/m0/s1. The number of amides is 3. The van der Waals surface area contributed by atoms with Gasteiger partial charge in [0, 0.05) is 58.3 Å². The fourth-order valence-corrected chi connectivity index (χ4v) is 9.19. The van der Waals surface area contributed by atoms with Crippen LogP contribution in [0.2, 0.25) is 0 Å². The number of aromatic hydroxyl groups is 1. The highest BCUT2D eigenvalue weighted by molar-refractivity contribution is 5.97. The Morgan fingerprint density at radius 3 is 2.53 bits per heavy atom. The number of piperidine rings is 1. The maximum absolute atomic E-state index is 13.6. The third-order valence-electron chi connectivity index (χ3n) is 12.5. The Morgan fingerprint density at radius 1 is 0.933 bits per heavy atom. The second-order valence-corrected chi connectivity index (χ2v) is 16.9. The van der Waals surface area contributed by atoms with Gasteiger partial charge in [0.1, 0.15) is 17.5 Å². The Kier molecular flexibility index (Phi) is 15.5. The average Bonchev–Trinajstić information content (AvgIpc) is 3.27. The van der Waals surface area contributed by atoms with E-state index in [-0.39, 0.29) is 41.7 Å². The van der Waals surface area contributed by atoms with Crippen LogP contribution in [0.4, 0.5) is 5.69 Å². The van der Waals surface area contributed by atoms with Crippen LogP contribution < -0.4 is 15.4 Å². The van der Waals surface area contributed by atoms with Gasteiger partial charge in [0.05, 0.1) is 31.8 Å². The molecule has 7 rings (SSSR count). The van der Waals surface area contributed by atoms with Crippen LogP contribution in [0, 0.1) is 0 Å². The first-order chi connectivity index (χ1) is 29.2. The van der Waals surface area contributed by atoms with Gasteiger partial charge in [-0.1, -0.05) is 79.9 Å². The predicted molar refractivity (Wildman–Crippen MR) is 229 cm³/mol. The van der Waals surface area contributed by atoms with Gasteiger partial charge in [-0.15, -0.1) is 0 Å². The zero-order valence-electron chi connectivity index (χ0n) is 35.0. The lowest BCUT2D eigenvalue weighted by Crippen LogP contribution is -2.59. The van der Waals surface area contributed by atoms with Gasteiger partial charge in [-0.05, 0) is 73.4 Å². The second-order valence-electron chi connectivity index (χ2n) is 16.9. The number of likely N-dealkylation sites (tertiary alicyclic amines) is 1. The lowest BCUT2D eigenvalue weighted by atomic mass is 9.88. The van der Waals surface area contributed by atoms with Crippen molar-refractivity contribution in [1.82, 2.24) is 20.0 Å². The van der Waals surface area contributed by atoms with Crippen molar-refractivity contribution in [2.24, 2.45) is 0 Å². The van der Waals surface area contributed by atoms with Crippen LogP contribution in [0.15, 0.2) is 66.7 Å².